The Bertz CT molecular complexity index is 379. The number of anilines is 1. The molecule has 0 saturated carbocycles. The third-order valence-electron chi connectivity index (χ3n) is 1.27. The second-order valence-electron chi connectivity index (χ2n) is 2.12. The Morgan fingerprint density at radius 1 is 1.31 bits per heavy atom. The van der Waals surface area contributed by atoms with Crippen LogP contribution in [0.1, 0.15) is 0 Å². The minimum absolute atomic E-state index is 0. The normalized spacial score (nSPS) is 10.5. The van der Waals surface area contributed by atoms with Crippen molar-refractivity contribution in [3.63, 3.8) is 0 Å². The molecule has 68 valence electrons. The van der Waals surface area contributed by atoms with Gasteiger partial charge in [0, 0.05) is 5.69 Å². The van der Waals surface area contributed by atoms with Crippen molar-refractivity contribution in [3.05, 3.63) is 24.3 Å². The van der Waals surface area contributed by atoms with E-state index in [-0.39, 0.29) is 34.5 Å². The monoisotopic (exact) mass is 212 g/mol. The molecule has 1 aromatic carbocycles. The molecule has 0 aliphatic heterocycles. The third-order valence-corrected chi connectivity index (χ3v) is 2.36. The van der Waals surface area contributed by atoms with E-state index in [4.69, 9.17) is 5.73 Å². The molecule has 0 atom stereocenters. The predicted molar refractivity (Wildman–Crippen MR) is 50.5 cm³/mol. The molecule has 0 fully saturated rings. The average Bonchev–Trinajstić information content (AvgIpc) is 2.05. The molecule has 4 N–H and O–H groups in total. The molecule has 0 spiro atoms. The molecule has 13 heavy (non-hydrogen) atoms. The molecule has 0 aliphatic carbocycles. The summed E-state index contributed by atoms with van der Waals surface area (Å²) in [5.41, 5.74) is 5.69. The van der Waals surface area contributed by atoms with E-state index >= 15 is 0 Å². The summed E-state index contributed by atoms with van der Waals surface area (Å²) in [6.45, 7) is 0. The van der Waals surface area contributed by atoms with Gasteiger partial charge in [-0.1, -0.05) is 6.07 Å². The summed E-state index contributed by atoms with van der Waals surface area (Å²) >= 11 is 0. The van der Waals surface area contributed by atoms with Gasteiger partial charge < -0.3 is 5.73 Å². The van der Waals surface area contributed by atoms with Crippen LogP contribution in [0.5, 0.6) is 0 Å². The number of nitrogen functional groups attached to an aromatic ring is 1. The third kappa shape index (κ3) is 3.26. The van der Waals surface area contributed by atoms with Gasteiger partial charge in [0.2, 0.25) is 0 Å². The van der Waals surface area contributed by atoms with Crippen LogP contribution in [0.4, 0.5) is 5.69 Å². The maximum absolute atomic E-state index is 11.0. The first kappa shape index (κ1) is 12.9. The van der Waals surface area contributed by atoms with E-state index < -0.39 is 10.1 Å². The van der Waals surface area contributed by atoms with Crippen molar-refractivity contribution in [1.82, 2.24) is 0 Å². The zero-order valence-electron chi connectivity index (χ0n) is 6.10. The van der Waals surface area contributed by atoms with Gasteiger partial charge in [-0.15, -0.1) is 0 Å². The van der Waals surface area contributed by atoms with Gasteiger partial charge in [0.1, 0.15) is 0 Å². The van der Waals surface area contributed by atoms with Crippen LogP contribution in [-0.2, 0) is 14.4 Å². The first-order valence-electron chi connectivity index (χ1n) is 3.05. The topological polar surface area (TPSA) is 95.4 Å². The van der Waals surface area contributed by atoms with Crippen LogP contribution in [0, 0.1) is 0 Å². The molecule has 7 heteroatoms. The Kier molecular flexibility index (Phi) is 4.90. The Hall–Kier alpha value is -0.110. The minimum atomic E-state index is -3.82. The van der Waals surface area contributed by atoms with E-state index in [1.807, 2.05) is 0 Å². The van der Waals surface area contributed by atoms with Crippen molar-refractivity contribution in [2.24, 2.45) is 5.90 Å². The number of benzene rings is 1. The molecule has 0 aromatic heterocycles. The molecule has 0 unspecified atom stereocenters. The van der Waals surface area contributed by atoms with E-state index in [0.29, 0.717) is 5.69 Å². The molecule has 0 radical (unpaired) electrons. The van der Waals surface area contributed by atoms with E-state index in [1.165, 1.54) is 18.2 Å². The van der Waals surface area contributed by atoms with Crippen molar-refractivity contribution in [2.45, 2.75) is 4.90 Å². The fourth-order valence-corrected chi connectivity index (χ4v) is 1.36. The molecule has 0 aliphatic rings. The van der Waals surface area contributed by atoms with Gasteiger partial charge in [-0.2, -0.15) is 18.6 Å². The molecular formula is C6H9N2NaO3S. The van der Waals surface area contributed by atoms with Gasteiger partial charge in [0.25, 0.3) is 0 Å². The van der Waals surface area contributed by atoms with E-state index in [2.05, 4.69) is 10.2 Å². The van der Waals surface area contributed by atoms with Gasteiger partial charge in [0.15, 0.2) is 0 Å². The van der Waals surface area contributed by atoms with E-state index in [0.717, 1.165) is 0 Å². The van der Waals surface area contributed by atoms with Crippen LogP contribution in [-0.4, -0.2) is 38.0 Å². The van der Waals surface area contributed by atoms with Crippen LogP contribution in [0.3, 0.4) is 0 Å². The standard InChI is InChI=1S/C6H8N2O3S.Na.H/c7-5-2-1-3-6(4-5)12(9,10)11-8;;/h1-4H,7-8H2;;. The maximum atomic E-state index is 11.0. The summed E-state index contributed by atoms with van der Waals surface area (Å²) < 4.78 is 25.7. The van der Waals surface area contributed by atoms with Crippen molar-refractivity contribution >= 4 is 45.4 Å². The summed E-state index contributed by atoms with van der Waals surface area (Å²) in [6.07, 6.45) is 0. The Morgan fingerprint density at radius 3 is 2.38 bits per heavy atom. The van der Waals surface area contributed by atoms with Crippen LogP contribution < -0.4 is 11.6 Å². The number of nitrogens with two attached hydrogens (primary N) is 2. The van der Waals surface area contributed by atoms with Gasteiger partial charge in [-0.3, -0.25) is 0 Å². The fourth-order valence-electron chi connectivity index (χ4n) is 0.726. The Labute approximate surface area is 98.4 Å². The van der Waals surface area contributed by atoms with E-state index in [9.17, 15) is 8.42 Å². The summed E-state index contributed by atoms with van der Waals surface area (Å²) in [5, 5.41) is 0. The van der Waals surface area contributed by atoms with Crippen molar-refractivity contribution in [3.8, 4) is 0 Å². The number of rotatable bonds is 2. The van der Waals surface area contributed by atoms with Crippen LogP contribution in [0.25, 0.3) is 0 Å². The van der Waals surface area contributed by atoms with Gasteiger partial charge >= 0.3 is 39.7 Å². The van der Waals surface area contributed by atoms with Crippen LogP contribution in [0.2, 0.25) is 0 Å². The summed E-state index contributed by atoms with van der Waals surface area (Å²) in [7, 11) is -3.82. The summed E-state index contributed by atoms with van der Waals surface area (Å²) in [6, 6.07) is 5.68. The first-order valence-corrected chi connectivity index (χ1v) is 4.46. The van der Waals surface area contributed by atoms with Crippen LogP contribution >= 0.6 is 0 Å². The van der Waals surface area contributed by atoms with Gasteiger partial charge in [-0.25, -0.2) is 0 Å². The number of hydrogen-bond donors (Lipinski definition) is 2. The van der Waals surface area contributed by atoms with Crippen molar-refractivity contribution in [1.29, 1.82) is 0 Å². The number of hydrogen-bond acceptors (Lipinski definition) is 5. The zero-order chi connectivity index (χ0) is 9.19. The Morgan fingerprint density at radius 2 is 1.92 bits per heavy atom. The van der Waals surface area contributed by atoms with Crippen molar-refractivity contribution < 1.29 is 12.7 Å². The van der Waals surface area contributed by atoms with Crippen LogP contribution in [0.15, 0.2) is 29.2 Å². The first-order chi connectivity index (χ1) is 5.56. The fraction of sp³-hybridized carbons (Fsp3) is 0. The van der Waals surface area contributed by atoms with E-state index in [1.54, 1.807) is 6.07 Å². The molecule has 1 rings (SSSR count). The SMILES string of the molecule is NOS(=O)(=O)c1cccc(N)c1.[NaH]. The average molecular weight is 212 g/mol. The molecular weight excluding hydrogens is 203 g/mol. The van der Waals surface area contributed by atoms with Gasteiger partial charge in [0.05, 0.1) is 4.90 Å². The molecule has 0 bridgehead atoms. The second-order valence-corrected chi connectivity index (χ2v) is 3.69. The molecule has 0 amide bonds. The molecule has 0 heterocycles. The molecule has 0 saturated heterocycles. The molecule has 5 nitrogen and oxygen atoms in total. The zero-order valence-corrected chi connectivity index (χ0v) is 6.91. The quantitative estimate of drug-likeness (QED) is 0.380. The Balaban J connectivity index is 0.00000144. The van der Waals surface area contributed by atoms with Crippen molar-refractivity contribution in [2.75, 3.05) is 5.73 Å². The summed E-state index contributed by atoms with van der Waals surface area (Å²) in [4.78, 5) is -0.0509. The summed E-state index contributed by atoms with van der Waals surface area (Å²) in [5.74, 6) is 4.56. The van der Waals surface area contributed by atoms with Gasteiger partial charge in [-0.05, 0) is 18.2 Å². The predicted octanol–water partition coefficient (Wildman–Crippen LogP) is -0.801. The molecule has 1 aromatic rings. The second kappa shape index (κ2) is 4.94.